The molecule has 142 valence electrons. The van der Waals surface area contributed by atoms with Gasteiger partial charge >= 0.3 is 0 Å². The van der Waals surface area contributed by atoms with Gasteiger partial charge in [0.15, 0.2) is 0 Å². The Morgan fingerprint density at radius 3 is 2.38 bits per heavy atom. The molecule has 0 unspecified atom stereocenters. The number of carbonyl (C=O) groups excluding carboxylic acids is 1. The average Bonchev–Trinajstić information content (AvgIpc) is 2.73. The van der Waals surface area contributed by atoms with Crippen LogP contribution in [0.3, 0.4) is 0 Å². The molecule has 0 aliphatic rings. The van der Waals surface area contributed by atoms with E-state index in [1.807, 2.05) is 60.7 Å². The molecule has 0 heterocycles. The quantitative estimate of drug-likeness (QED) is 0.405. The SMILES string of the molecule is O=C(/C=C/c1c(O)ccc2cc(-c3cccc(O)c3)ccc12)Nc1ccccc1. The van der Waals surface area contributed by atoms with Crippen LogP contribution >= 0.6 is 0 Å². The largest absolute Gasteiger partial charge is 0.508 e. The normalized spacial score (nSPS) is 11.0. The second-order valence-corrected chi connectivity index (χ2v) is 6.67. The van der Waals surface area contributed by atoms with Gasteiger partial charge in [0.1, 0.15) is 11.5 Å². The Bertz CT molecular complexity index is 1210. The first kappa shape index (κ1) is 18.3. The lowest BCUT2D eigenvalue weighted by atomic mass is 9.97. The molecule has 0 aliphatic heterocycles. The van der Waals surface area contributed by atoms with Crippen LogP contribution in [0.5, 0.6) is 11.5 Å². The Balaban J connectivity index is 1.65. The molecule has 0 radical (unpaired) electrons. The first-order valence-corrected chi connectivity index (χ1v) is 9.19. The average molecular weight is 381 g/mol. The molecular formula is C25H19NO3. The second-order valence-electron chi connectivity index (χ2n) is 6.67. The van der Waals surface area contributed by atoms with Crippen LogP contribution in [0.4, 0.5) is 5.69 Å². The van der Waals surface area contributed by atoms with Crippen molar-refractivity contribution in [2.45, 2.75) is 0 Å². The van der Waals surface area contributed by atoms with Crippen molar-refractivity contribution in [2.75, 3.05) is 5.32 Å². The smallest absolute Gasteiger partial charge is 0.248 e. The molecule has 1 amide bonds. The van der Waals surface area contributed by atoms with Gasteiger partial charge in [-0.3, -0.25) is 4.79 Å². The van der Waals surface area contributed by atoms with E-state index in [0.29, 0.717) is 11.3 Å². The molecule has 4 aromatic rings. The minimum atomic E-state index is -0.274. The minimum Gasteiger partial charge on any atom is -0.508 e. The van der Waals surface area contributed by atoms with Crippen molar-refractivity contribution < 1.29 is 15.0 Å². The van der Waals surface area contributed by atoms with Crippen LogP contribution in [-0.4, -0.2) is 16.1 Å². The Morgan fingerprint density at radius 2 is 1.59 bits per heavy atom. The van der Waals surface area contributed by atoms with Crippen molar-refractivity contribution in [1.29, 1.82) is 0 Å². The van der Waals surface area contributed by atoms with Crippen LogP contribution in [0.1, 0.15) is 5.56 Å². The first-order chi connectivity index (χ1) is 14.1. The van der Waals surface area contributed by atoms with Crippen LogP contribution in [0.2, 0.25) is 0 Å². The molecule has 4 heteroatoms. The van der Waals surface area contributed by atoms with Gasteiger partial charge in [0.2, 0.25) is 5.91 Å². The molecule has 0 atom stereocenters. The van der Waals surface area contributed by atoms with Crippen molar-refractivity contribution in [2.24, 2.45) is 0 Å². The summed E-state index contributed by atoms with van der Waals surface area (Å²) in [5.74, 6) is 0.0386. The number of hydrogen-bond donors (Lipinski definition) is 3. The van der Waals surface area contributed by atoms with E-state index in [1.54, 1.807) is 30.3 Å². The van der Waals surface area contributed by atoms with Crippen molar-refractivity contribution in [3.8, 4) is 22.6 Å². The van der Waals surface area contributed by atoms with Crippen LogP contribution in [0.25, 0.3) is 28.0 Å². The highest BCUT2D eigenvalue weighted by Crippen LogP contribution is 2.32. The highest BCUT2D eigenvalue weighted by Gasteiger charge is 2.07. The Morgan fingerprint density at radius 1 is 0.793 bits per heavy atom. The molecule has 29 heavy (non-hydrogen) atoms. The van der Waals surface area contributed by atoms with Gasteiger partial charge in [-0.25, -0.2) is 0 Å². The van der Waals surface area contributed by atoms with Crippen LogP contribution in [0, 0.1) is 0 Å². The molecule has 0 aliphatic carbocycles. The van der Waals surface area contributed by atoms with E-state index < -0.39 is 0 Å². The zero-order chi connectivity index (χ0) is 20.2. The summed E-state index contributed by atoms with van der Waals surface area (Å²) >= 11 is 0. The second kappa shape index (κ2) is 7.90. The molecule has 0 fully saturated rings. The van der Waals surface area contributed by atoms with Gasteiger partial charge in [-0.2, -0.15) is 0 Å². The first-order valence-electron chi connectivity index (χ1n) is 9.19. The molecule has 0 saturated carbocycles. The number of fused-ring (bicyclic) bond motifs is 1. The number of anilines is 1. The van der Waals surface area contributed by atoms with Gasteiger partial charge in [0.25, 0.3) is 0 Å². The number of aromatic hydroxyl groups is 2. The standard InChI is InChI=1S/C25H19NO3/c27-21-8-4-5-17(16-21)18-9-11-22-19(15-18)10-13-24(28)23(22)12-14-25(29)26-20-6-2-1-3-7-20/h1-16,27-28H,(H,26,29)/b14-12+. The summed E-state index contributed by atoms with van der Waals surface area (Å²) in [5.41, 5.74) is 3.14. The minimum absolute atomic E-state index is 0.103. The van der Waals surface area contributed by atoms with E-state index in [1.165, 1.54) is 6.08 Å². The lowest BCUT2D eigenvalue weighted by molar-refractivity contribution is -0.111. The number of hydrogen-bond acceptors (Lipinski definition) is 3. The van der Waals surface area contributed by atoms with E-state index >= 15 is 0 Å². The number of rotatable bonds is 4. The van der Waals surface area contributed by atoms with Gasteiger partial charge in [-0.15, -0.1) is 0 Å². The summed E-state index contributed by atoms with van der Waals surface area (Å²) < 4.78 is 0. The Kier molecular flexibility index (Phi) is 4.99. The lowest BCUT2D eigenvalue weighted by Gasteiger charge is -2.09. The van der Waals surface area contributed by atoms with Gasteiger partial charge in [-0.1, -0.05) is 48.5 Å². The summed E-state index contributed by atoms with van der Waals surface area (Å²) in [5, 5.41) is 24.6. The fourth-order valence-electron chi connectivity index (χ4n) is 3.25. The third-order valence-corrected chi connectivity index (χ3v) is 4.66. The molecular weight excluding hydrogens is 362 g/mol. The Labute approximate surface area is 168 Å². The highest BCUT2D eigenvalue weighted by atomic mass is 16.3. The summed E-state index contributed by atoms with van der Waals surface area (Å²) in [6, 6.07) is 25.5. The highest BCUT2D eigenvalue weighted by molar-refractivity contribution is 6.04. The molecule has 0 bridgehead atoms. The molecule has 3 N–H and O–H groups in total. The van der Waals surface area contributed by atoms with E-state index in [2.05, 4.69) is 5.32 Å². The number of phenolic OH excluding ortho intramolecular Hbond substituents is 2. The summed E-state index contributed by atoms with van der Waals surface area (Å²) in [7, 11) is 0. The summed E-state index contributed by atoms with van der Waals surface area (Å²) in [6.45, 7) is 0. The molecule has 4 aromatic carbocycles. The number of nitrogens with one attached hydrogen (secondary N) is 1. The zero-order valence-electron chi connectivity index (χ0n) is 15.5. The third kappa shape index (κ3) is 4.12. The predicted octanol–water partition coefficient (Wildman–Crippen LogP) is 5.57. The van der Waals surface area contributed by atoms with E-state index in [9.17, 15) is 15.0 Å². The number of carbonyl (C=O) groups is 1. The van der Waals surface area contributed by atoms with Gasteiger partial charge in [0.05, 0.1) is 0 Å². The third-order valence-electron chi connectivity index (χ3n) is 4.66. The lowest BCUT2D eigenvalue weighted by Crippen LogP contribution is -2.07. The maximum Gasteiger partial charge on any atom is 0.248 e. The van der Waals surface area contributed by atoms with Gasteiger partial charge in [-0.05, 0) is 64.4 Å². The maximum atomic E-state index is 12.2. The van der Waals surface area contributed by atoms with E-state index in [-0.39, 0.29) is 17.4 Å². The molecule has 0 spiro atoms. The molecule has 0 saturated heterocycles. The molecule has 0 aromatic heterocycles. The zero-order valence-corrected chi connectivity index (χ0v) is 15.5. The van der Waals surface area contributed by atoms with E-state index in [4.69, 9.17) is 0 Å². The Hall–Kier alpha value is -4.05. The topological polar surface area (TPSA) is 69.6 Å². The summed E-state index contributed by atoms with van der Waals surface area (Å²) in [4.78, 5) is 12.2. The van der Waals surface area contributed by atoms with Crippen LogP contribution in [0.15, 0.2) is 91.0 Å². The number of amides is 1. The maximum absolute atomic E-state index is 12.2. The van der Waals surface area contributed by atoms with Gasteiger partial charge < -0.3 is 15.5 Å². The van der Waals surface area contributed by atoms with Crippen molar-refractivity contribution in [3.63, 3.8) is 0 Å². The number of para-hydroxylation sites is 1. The molecule has 4 nitrogen and oxygen atoms in total. The van der Waals surface area contributed by atoms with Gasteiger partial charge in [0, 0.05) is 17.3 Å². The van der Waals surface area contributed by atoms with E-state index in [0.717, 1.165) is 21.9 Å². The van der Waals surface area contributed by atoms with Crippen molar-refractivity contribution in [3.05, 3.63) is 96.6 Å². The fourth-order valence-corrected chi connectivity index (χ4v) is 3.25. The van der Waals surface area contributed by atoms with Crippen molar-refractivity contribution in [1.82, 2.24) is 0 Å². The number of phenols is 2. The fraction of sp³-hybridized carbons (Fsp3) is 0. The predicted molar refractivity (Wildman–Crippen MR) is 117 cm³/mol. The monoisotopic (exact) mass is 381 g/mol. The molecule has 4 rings (SSSR count). The summed E-state index contributed by atoms with van der Waals surface area (Å²) in [6.07, 6.45) is 3.02. The number of benzene rings is 4. The van der Waals surface area contributed by atoms with Crippen molar-refractivity contribution >= 4 is 28.4 Å². The van der Waals surface area contributed by atoms with Crippen LogP contribution < -0.4 is 5.32 Å². The van der Waals surface area contributed by atoms with Crippen LogP contribution in [-0.2, 0) is 4.79 Å².